The number of ether oxygens (including phenoxy) is 1. The molecule has 0 spiro atoms. The Hall–Kier alpha value is -1.10. The lowest BCUT2D eigenvalue weighted by molar-refractivity contribution is 0.416. The number of nitrogens with zero attached hydrogens (tertiary/aromatic N) is 1. The van der Waals surface area contributed by atoms with Crippen LogP contribution in [0.2, 0.25) is 5.02 Å². The summed E-state index contributed by atoms with van der Waals surface area (Å²) in [5.74, 6) is 0.778. The van der Waals surface area contributed by atoms with Crippen LogP contribution in [0, 0.1) is 0 Å². The van der Waals surface area contributed by atoms with Crippen LogP contribution in [0.4, 0.5) is 0 Å². The molecular weight excluding hydrogens is 304 g/mol. The fourth-order valence-electron chi connectivity index (χ4n) is 2.28. The molecule has 1 aromatic carbocycles. The van der Waals surface area contributed by atoms with Gasteiger partial charge in [0.2, 0.25) is 0 Å². The topological polar surface area (TPSA) is 34.1 Å². The molecule has 5 heteroatoms. The molecule has 1 saturated carbocycles. The van der Waals surface area contributed by atoms with Crippen LogP contribution >= 0.6 is 22.9 Å². The number of hydrogen-bond acceptors (Lipinski definition) is 4. The van der Waals surface area contributed by atoms with Crippen LogP contribution < -0.4 is 10.1 Å². The second-order valence-electron chi connectivity index (χ2n) is 5.24. The number of methoxy groups -OCH3 is 1. The summed E-state index contributed by atoms with van der Waals surface area (Å²) in [5.41, 5.74) is 2.19. The van der Waals surface area contributed by atoms with E-state index in [1.165, 1.54) is 23.4 Å². The first-order chi connectivity index (χ1) is 10.2. The van der Waals surface area contributed by atoms with Crippen LogP contribution in [0.25, 0.3) is 10.6 Å². The number of thiazole rings is 1. The molecule has 1 heterocycles. The largest absolute Gasteiger partial charge is 0.496 e. The van der Waals surface area contributed by atoms with E-state index in [9.17, 15) is 0 Å². The number of hydrogen-bond donors (Lipinski definition) is 1. The van der Waals surface area contributed by atoms with Crippen LogP contribution in [0.5, 0.6) is 5.75 Å². The highest BCUT2D eigenvalue weighted by molar-refractivity contribution is 7.15. The van der Waals surface area contributed by atoms with Crippen molar-refractivity contribution in [3.05, 3.63) is 33.8 Å². The van der Waals surface area contributed by atoms with Gasteiger partial charge < -0.3 is 10.1 Å². The van der Waals surface area contributed by atoms with Gasteiger partial charge in [0.15, 0.2) is 0 Å². The lowest BCUT2D eigenvalue weighted by Crippen LogP contribution is -2.15. The van der Waals surface area contributed by atoms with E-state index < -0.39 is 0 Å². The molecule has 1 aromatic heterocycles. The zero-order chi connectivity index (χ0) is 14.8. The van der Waals surface area contributed by atoms with E-state index in [4.69, 9.17) is 21.3 Å². The van der Waals surface area contributed by atoms with Gasteiger partial charge in [0.25, 0.3) is 0 Å². The number of rotatable bonds is 6. The molecule has 0 atom stereocenters. The minimum Gasteiger partial charge on any atom is -0.496 e. The number of halogens is 1. The SMILES string of the molecule is CCc1nc(-c2ccc(Cl)cc2OC)sc1CNC1CC1. The first kappa shape index (κ1) is 14.8. The molecule has 0 bridgehead atoms. The smallest absolute Gasteiger partial charge is 0.130 e. The van der Waals surface area contributed by atoms with Gasteiger partial charge in [0, 0.05) is 22.5 Å². The third-order valence-electron chi connectivity index (χ3n) is 3.64. The standard InChI is InChI=1S/C16H19ClN2OS/c1-3-13-15(9-18-11-5-6-11)21-16(19-13)12-7-4-10(17)8-14(12)20-2/h4,7-8,11,18H,3,5-6,9H2,1-2H3. The van der Waals surface area contributed by atoms with Gasteiger partial charge in [-0.2, -0.15) is 0 Å². The summed E-state index contributed by atoms with van der Waals surface area (Å²) in [4.78, 5) is 6.12. The lowest BCUT2D eigenvalue weighted by atomic mass is 10.2. The predicted molar refractivity (Wildman–Crippen MR) is 88.4 cm³/mol. The minimum absolute atomic E-state index is 0.679. The Kier molecular flexibility index (Phi) is 4.48. The Balaban J connectivity index is 1.90. The molecule has 3 rings (SSSR count). The summed E-state index contributed by atoms with van der Waals surface area (Å²) in [5, 5.41) is 5.25. The van der Waals surface area contributed by atoms with Crippen molar-refractivity contribution in [2.75, 3.05) is 7.11 Å². The van der Waals surface area contributed by atoms with Crippen molar-refractivity contribution < 1.29 is 4.74 Å². The number of nitrogens with one attached hydrogen (secondary N) is 1. The van der Waals surface area contributed by atoms with Crippen molar-refractivity contribution >= 4 is 22.9 Å². The van der Waals surface area contributed by atoms with Gasteiger partial charge in [-0.15, -0.1) is 11.3 Å². The third-order valence-corrected chi connectivity index (χ3v) is 5.00. The van der Waals surface area contributed by atoms with E-state index in [2.05, 4.69) is 12.2 Å². The van der Waals surface area contributed by atoms with Crippen LogP contribution in [0.1, 0.15) is 30.3 Å². The van der Waals surface area contributed by atoms with Gasteiger partial charge in [-0.1, -0.05) is 18.5 Å². The van der Waals surface area contributed by atoms with E-state index >= 15 is 0 Å². The fourth-order valence-corrected chi connectivity index (χ4v) is 3.57. The van der Waals surface area contributed by atoms with Crippen LogP contribution in [-0.4, -0.2) is 18.1 Å². The van der Waals surface area contributed by atoms with Crippen LogP contribution in [0.15, 0.2) is 18.2 Å². The molecule has 0 saturated heterocycles. The van der Waals surface area contributed by atoms with E-state index in [-0.39, 0.29) is 0 Å². The van der Waals surface area contributed by atoms with Gasteiger partial charge >= 0.3 is 0 Å². The van der Waals surface area contributed by atoms with Crippen LogP contribution in [-0.2, 0) is 13.0 Å². The molecule has 0 amide bonds. The maximum atomic E-state index is 6.03. The van der Waals surface area contributed by atoms with Gasteiger partial charge in [0.1, 0.15) is 10.8 Å². The summed E-state index contributed by atoms with van der Waals surface area (Å²) >= 11 is 7.78. The summed E-state index contributed by atoms with van der Waals surface area (Å²) in [6, 6.07) is 6.42. The Morgan fingerprint density at radius 3 is 2.90 bits per heavy atom. The van der Waals surface area contributed by atoms with Crippen molar-refractivity contribution in [1.29, 1.82) is 0 Å². The Labute approximate surface area is 134 Å². The highest BCUT2D eigenvalue weighted by Crippen LogP contribution is 2.36. The van der Waals surface area contributed by atoms with E-state index in [1.54, 1.807) is 18.4 Å². The molecule has 0 unspecified atom stereocenters. The zero-order valence-electron chi connectivity index (χ0n) is 12.3. The van der Waals surface area contributed by atoms with E-state index in [1.807, 2.05) is 18.2 Å². The fraction of sp³-hybridized carbons (Fsp3) is 0.438. The van der Waals surface area contributed by atoms with E-state index in [0.29, 0.717) is 11.1 Å². The van der Waals surface area contributed by atoms with Crippen molar-refractivity contribution in [1.82, 2.24) is 10.3 Å². The molecular formula is C16H19ClN2OS. The number of benzene rings is 1. The molecule has 3 nitrogen and oxygen atoms in total. The van der Waals surface area contributed by atoms with Gasteiger partial charge in [-0.3, -0.25) is 0 Å². The van der Waals surface area contributed by atoms with Crippen LogP contribution in [0.3, 0.4) is 0 Å². The quantitative estimate of drug-likeness (QED) is 0.861. The summed E-state index contributed by atoms with van der Waals surface area (Å²) in [6.07, 6.45) is 3.56. The second kappa shape index (κ2) is 6.34. The van der Waals surface area contributed by atoms with Gasteiger partial charge in [0.05, 0.1) is 18.4 Å². The van der Waals surface area contributed by atoms with Crippen molar-refractivity contribution in [2.45, 2.75) is 38.8 Å². The second-order valence-corrected chi connectivity index (χ2v) is 6.76. The summed E-state index contributed by atoms with van der Waals surface area (Å²) in [7, 11) is 1.67. The van der Waals surface area contributed by atoms with E-state index in [0.717, 1.165) is 29.3 Å². The molecule has 0 radical (unpaired) electrons. The molecule has 1 N–H and O–H groups in total. The van der Waals surface area contributed by atoms with Crippen molar-refractivity contribution in [3.8, 4) is 16.3 Å². The molecule has 1 fully saturated rings. The van der Waals surface area contributed by atoms with Gasteiger partial charge in [-0.05, 0) is 37.5 Å². The van der Waals surface area contributed by atoms with Crippen molar-refractivity contribution in [2.24, 2.45) is 0 Å². The number of aryl methyl sites for hydroxylation is 1. The first-order valence-corrected chi connectivity index (χ1v) is 8.46. The average Bonchev–Trinajstić information content (AvgIpc) is 3.24. The van der Waals surface area contributed by atoms with Crippen molar-refractivity contribution in [3.63, 3.8) is 0 Å². The average molecular weight is 323 g/mol. The highest BCUT2D eigenvalue weighted by Gasteiger charge is 2.22. The maximum absolute atomic E-state index is 6.03. The third kappa shape index (κ3) is 3.39. The Morgan fingerprint density at radius 1 is 1.43 bits per heavy atom. The molecule has 2 aromatic rings. The monoisotopic (exact) mass is 322 g/mol. The molecule has 21 heavy (non-hydrogen) atoms. The maximum Gasteiger partial charge on any atom is 0.130 e. The molecule has 1 aliphatic rings. The minimum atomic E-state index is 0.679. The van der Waals surface area contributed by atoms with Gasteiger partial charge in [-0.25, -0.2) is 4.98 Å². The number of aromatic nitrogens is 1. The molecule has 0 aliphatic heterocycles. The normalized spacial score (nSPS) is 14.4. The predicted octanol–water partition coefficient (Wildman–Crippen LogP) is 4.29. The Bertz CT molecular complexity index is 637. The summed E-state index contributed by atoms with van der Waals surface area (Å²) in [6.45, 7) is 3.07. The molecule has 112 valence electrons. The zero-order valence-corrected chi connectivity index (χ0v) is 13.9. The summed E-state index contributed by atoms with van der Waals surface area (Å²) < 4.78 is 5.44. The molecule has 1 aliphatic carbocycles. The highest BCUT2D eigenvalue weighted by atomic mass is 35.5. The lowest BCUT2D eigenvalue weighted by Gasteiger charge is -2.05. The Morgan fingerprint density at radius 2 is 2.24 bits per heavy atom. The first-order valence-electron chi connectivity index (χ1n) is 7.27.